The van der Waals surface area contributed by atoms with Crippen LogP contribution in [0.4, 0.5) is 5.69 Å². The number of carbonyl (C=O) groups excluding carboxylic acids is 1. The van der Waals surface area contributed by atoms with Crippen molar-refractivity contribution in [3.05, 3.63) is 50.7 Å². The zero-order chi connectivity index (χ0) is 15.2. The Morgan fingerprint density at radius 3 is 2.95 bits per heavy atom. The number of nitrogens with one attached hydrogen (secondary N) is 1. The molecule has 2 rings (SSSR count). The largest absolute Gasteiger partial charge is 0.320 e. The molecule has 2 aromatic rings. The first-order valence-corrected chi connectivity index (χ1v) is 7.77. The third-order valence-electron chi connectivity index (χ3n) is 2.89. The molecule has 1 aromatic heterocycles. The van der Waals surface area contributed by atoms with Gasteiger partial charge in [-0.2, -0.15) is 0 Å². The highest BCUT2D eigenvalue weighted by molar-refractivity contribution is 7.12. The number of amides is 1. The number of thiophene rings is 1. The second-order valence-corrected chi connectivity index (χ2v) is 5.63. The second kappa shape index (κ2) is 7.28. The van der Waals surface area contributed by atoms with Gasteiger partial charge in [-0.1, -0.05) is 30.4 Å². The van der Waals surface area contributed by atoms with Crippen molar-refractivity contribution < 1.29 is 4.79 Å². The van der Waals surface area contributed by atoms with Crippen LogP contribution in [0, 0.1) is 11.8 Å². The molecule has 108 valence electrons. The summed E-state index contributed by atoms with van der Waals surface area (Å²) in [4.78, 5) is 13.1. The lowest BCUT2D eigenvalue weighted by Gasteiger charge is -2.08. The fourth-order valence-corrected chi connectivity index (χ4v) is 2.93. The first-order valence-electron chi connectivity index (χ1n) is 6.52. The van der Waals surface area contributed by atoms with E-state index in [1.165, 1.54) is 11.3 Å². The number of halogens is 1. The predicted octanol–water partition coefficient (Wildman–Crippen LogP) is 3.53. The van der Waals surface area contributed by atoms with E-state index in [-0.39, 0.29) is 12.5 Å². The normalized spacial score (nSPS) is 9.86. The standard InChI is InChI=1S/C16H15ClN2OS/c1-2-11-7-9-21-15(11)16(20)19-14-10-13(17)6-5-12(14)4-3-8-18/h5-7,9-10H,2,8,18H2,1H3,(H,19,20). The fraction of sp³-hybridized carbons (Fsp3) is 0.188. The predicted molar refractivity (Wildman–Crippen MR) is 89.0 cm³/mol. The summed E-state index contributed by atoms with van der Waals surface area (Å²) in [5.41, 5.74) is 7.73. The molecule has 3 N–H and O–H groups in total. The third-order valence-corrected chi connectivity index (χ3v) is 4.08. The molecule has 5 heteroatoms. The lowest BCUT2D eigenvalue weighted by Crippen LogP contribution is -2.13. The number of aryl methyl sites for hydroxylation is 1. The summed E-state index contributed by atoms with van der Waals surface area (Å²) in [5.74, 6) is 5.58. The van der Waals surface area contributed by atoms with Crippen molar-refractivity contribution in [3.8, 4) is 11.8 Å². The fourth-order valence-electron chi connectivity index (χ4n) is 1.87. The molecule has 0 fully saturated rings. The Hall–Kier alpha value is -1.80. The molecule has 1 amide bonds. The van der Waals surface area contributed by atoms with E-state index in [1.807, 2.05) is 18.4 Å². The number of anilines is 1. The molecule has 0 bridgehead atoms. The number of rotatable bonds is 3. The summed E-state index contributed by atoms with van der Waals surface area (Å²) in [6, 6.07) is 7.17. The maximum Gasteiger partial charge on any atom is 0.266 e. The van der Waals surface area contributed by atoms with Crippen LogP contribution in [-0.2, 0) is 6.42 Å². The van der Waals surface area contributed by atoms with Gasteiger partial charge >= 0.3 is 0 Å². The highest BCUT2D eigenvalue weighted by atomic mass is 35.5. The van der Waals surface area contributed by atoms with Crippen molar-refractivity contribution in [1.29, 1.82) is 0 Å². The van der Waals surface area contributed by atoms with Gasteiger partial charge in [-0.05, 0) is 41.6 Å². The van der Waals surface area contributed by atoms with Crippen molar-refractivity contribution in [2.24, 2.45) is 5.73 Å². The van der Waals surface area contributed by atoms with Gasteiger partial charge in [0.05, 0.1) is 17.1 Å². The molecule has 3 nitrogen and oxygen atoms in total. The summed E-state index contributed by atoms with van der Waals surface area (Å²) in [6.07, 6.45) is 0.821. The maximum absolute atomic E-state index is 12.4. The molecule has 1 aromatic carbocycles. The van der Waals surface area contributed by atoms with E-state index in [9.17, 15) is 4.79 Å². The summed E-state index contributed by atoms with van der Waals surface area (Å²) in [6.45, 7) is 2.29. The highest BCUT2D eigenvalue weighted by Crippen LogP contribution is 2.23. The molecule has 0 unspecified atom stereocenters. The van der Waals surface area contributed by atoms with Gasteiger partial charge in [0.25, 0.3) is 5.91 Å². The van der Waals surface area contributed by atoms with E-state index in [0.29, 0.717) is 16.3 Å². The molecule has 0 saturated carbocycles. The molecule has 0 radical (unpaired) electrons. The van der Waals surface area contributed by atoms with Crippen LogP contribution in [0.3, 0.4) is 0 Å². The van der Waals surface area contributed by atoms with Crippen LogP contribution in [0.2, 0.25) is 5.02 Å². The Kier molecular flexibility index (Phi) is 5.40. The molecule has 0 atom stereocenters. The van der Waals surface area contributed by atoms with E-state index in [4.69, 9.17) is 17.3 Å². The van der Waals surface area contributed by atoms with Crippen molar-refractivity contribution in [1.82, 2.24) is 0 Å². The number of carbonyl (C=O) groups is 1. The second-order valence-electron chi connectivity index (χ2n) is 4.28. The molecule has 0 aliphatic heterocycles. The van der Waals surface area contributed by atoms with Crippen molar-refractivity contribution >= 4 is 34.5 Å². The summed E-state index contributed by atoms with van der Waals surface area (Å²) in [5, 5.41) is 5.35. The Bertz CT molecular complexity index is 713. The van der Waals surface area contributed by atoms with E-state index in [0.717, 1.165) is 16.9 Å². The van der Waals surface area contributed by atoms with E-state index in [2.05, 4.69) is 17.2 Å². The van der Waals surface area contributed by atoms with Crippen molar-refractivity contribution in [2.75, 3.05) is 11.9 Å². The molecule has 0 spiro atoms. The molecule has 1 heterocycles. The maximum atomic E-state index is 12.4. The zero-order valence-electron chi connectivity index (χ0n) is 11.6. The molecule has 0 saturated heterocycles. The quantitative estimate of drug-likeness (QED) is 0.851. The van der Waals surface area contributed by atoms with Gasteiger partial charge in [0.1, 0.15) is 0 Å². The minimum Gasteiger partial charge on any atom is -0.320 e. The van der Waals surface area contributed by atoms with Crippen LogP contribution < -0.4 is 11.1 Å². The van der Waals surface area contributed by atoms with Gasteiger partial charge in [0, 0.05) is 10.6 Å². The Balaban J connectivity index is 2.30. The van der Waals surface area contributed by atoms with E-state index in [1.54, 1.807) is 18.2 Å². The van der Waals surface area contributed by atoms with Crippen LogP contribution in [0.1, 0.15) is 27.7 Å². The Labute approximate surface area is 133 Å². The topological polar surface area (TPSA) is 55.1 Å². The lowest BCUT2D eigenvalue weighted by molar-refractivity contribution is 0.103. The Morgan fingerprint density at radius 1 is 1.43 bits per heavy atom. The lowest BCUT2D eigenvalue weighted by atomic mass is 10.1. The molecule has 0 aliphatic carbocycles. The van der Waals surface area contributed by atoms with Crippen LogP contribution >= 0.6 is 22.9 Å². The average molecular weight is 319 g/mol. The minimum absolute atomic E-state index is 0.139. The molecular weight excluding hydrogens is 304 g/mol. The van der Waals surface area contributed by atoms with Gasteiger partial charge in [0.15, 0.2) is 0 Å². The third kappa shape index (κ3) is 3.85. The van der Waals surface area contributed by atoms with Crippen LogP contribution in [0.5, 0.6) is 0 Å². The van der Waals surface area contributed by atoms with Crippen LogP contribution in [0.15, 0.2) is 29.6 Å². The molecular formula is C16H15ClN2OS. The summed E-state index contributed by atoms with van der Waals surface area (Å²) < 4.78 is 0. The van der Waals surface area contributed by atoms with Gasteiger partial charge in [-0.15, -0.1) is 11.3 Å². The van der Waals surface area contributed by atoms with Crippen molar-refractivity contribution in [3.63, 3.8) is 0 Å². The number of hydrogen-bond donors (Lipinski definition) is 2. The average Bonchev–Trinajstić information content (AvgIpc) is 2.95. The van der Waals surface area contributed by atoms with Crippen molar-refractivity contribution in [2.45, 2.75) is 13.3 Å². The van der Waals surface area contributed by atoms with Crippen LogP contribution in [0.25, 0.3) is 0 Å². The summed E-state index contributed by atoms with van der Waals surface area (Å²) in [7, 11) is 0. The first-order chi connectivity index (χ1) is 10.2. The molecule has 0 aliphatic rings. The zero-order valence-corrected chi connectivity index (χ0v) is 13.1. The summed E-state index contributed by atoms with van der Waals surface area (Å²) >= 11 is 7.42. The van der Waals surface area contributed by atoms with E-state index < -0.39 is 0 Å². The van der Waals surface area contributed by atoms with Gasteiger partial charge in [0.2, 0.25) is 0 Å². The Morgan fingerprint density at radius 2 is 2.24 bits per heavy atom. The SMILES string of the molecule is CCc1ccsc1C(=O)Nc1cc(Cl)ccc1C#CCN. The van der Waals surface area contributed by atoms with Crippen LogP contribution in [-0.4, -0.2) is 12.5 Å². The van der Waals surface area contributed by atoms with Gasteiger partial charge < -0.3 is 11.1 Å². The number of nitrogens with two attached hydrogens (primary N) is 1. The minimum atomic E-state index is -0.139. The number of benzene rings is 1. The smallest absolute Gasteiger partial charge is 0.266 e. The van der Waals surface area contributed by atoms with E-state index >= 15 is 0 Å². The first kappa shape index (κ1) is 15.6. The molecule has 21 heavy (non-hydrogen) atoms. The monoisotopic (exact) mass is 318 g/mol. The highest BCUT2D eigenvalue weighted by Gasteiger charge is 2.13. The number of hydrogen-bond acceptors (Lipinski definition) is 3. The van der Waals surface area contributed by atoms with Gasteiger partial charge in [-0.25, -0.2) is 0 Å². The van der Waals surface area contributed by atoms with Gasteiger partial charge in [-0.3, -0.25) is 4.79 Å².